The first-order chi connectivity index (χ1) is 24.8. The Balaban J connectivity index is 1.09. The van der Waals surface area contributed by atoms with Crippen LogP contribution in [-0.2, 0) is 0 Å². The van der Waals surface area contributed by atoms with Gasteiger partial charge in [-0.2, -0.15) is 0 Å². The van der Waals surface area contributed by atoms with Gasteiger partial charge in [-0.3, -0.25) is 0 Å². The van der Waals surface area contributed by atoms with Crippen LogP contribution in [0.3, 0.4) is 0 Å². The average Bonchev–Trinajstić information content (AvgIpc) is 3.21. The zero-order chi connectivity index (χ0) is 33.3. The van der Waals surface area contributed by atoms with Gasteiger partial charge in [0.1, 0.15) is 0 Å². The van der Waals surface area contributed by atoms with Gasteiger partial charge < -0.3 is 0 Å². The van der Waals surface area contributed by atoms with E-state index in [0.29, 0.717) is 23.4 Å². The molecule has 0 aliphatic heterocycles. The van der Waals surface area contributed by atoms with Crippen LogP contribution >= 0.6 is 0 Å². The van der Waals surface area contributed by atoms with Crippen molar-refractivity contribution in [1.29, 1.82) is 0 Å². The third kappa shape index (κ3) is 5.86. The molecule has 1 aromatic heterocycles. The molecule has 0 N–H and O–H groups in total. The molecule has 1 heterocycles. The van der Waals surface area contributed by atoms with Crippen molar-refractivity contribution in [2.24, 2.45) is 0 Å². The molecule has 1 saturated carbocycles. The molecular weight excluding hydrogens is 607 g/mol. The summed E-state index contributed by atoms with van der Waals surface area (Å²) in [4.78, 5) is 15.1. The number of rotatable bonds is 6. The Kier molecular flexibility index (Phi) is 7.94. The van der Waals surface area contributed by atoms with Crippen LogP contribution in [0.4, 0.5) is 0 Å². The minimum atomic E-state index is 0.663. The SMILES string of the molecule is c1ccc(-c2nc(-c3ccc(C4CCCCC4)cc3)nc(-c3ccc4cc(-c5ccccc5-c5cccc6ccccc56)ccc4c3)n2)cc1. The van der Waals surface area contributed by atoms with Gasteiger partial charge in [-0.15, -0.1) is 0 Å². The van der Waals surface area contributed by atoms with E-state index in [2.05, 4.69) is 140 Å². The van der Waals surface area contributed by atoms with E-state index in [9.17, 15) is 0 Å². The topological polar surface area (TPSA) is 38.7 Å². The Labute approximate surface area is 293 Å². The van der Waals surface area contributed by atoms with Gasteiger partial charge in [-0.25, -0.2) is 15.0 Å². The lowest BCUT2D eigenvalue weighted by Gasteiger charge is -2.22. The van der Waals surface area contributed by atoms with Crippen LogP contribution < -0.4 is 0 Å². The van der Waals surface area contributed by atoms with Gasteiger partial charge >= 0.3 is 0 Å². The molecule has 9 rings (SSSR count). The van der Waals surface area contributed by atoms with Crippen LogP contribution in [0.15, 0.2) is 158 Å². The van der Waals surface area contributed by atoms with E-state index in [0.717, 1.165) is 22.1 Å². The van der Waals surface area contributed by atoms with Crippen molar-refractivity contribution >= 4 is 21.5 Å². The van der Waals surface area contributed by atoms with Crippen molar-refractivity contribution in [2.45, 2.75) is 38.0 Å². The summed E-state index contributed by atoms with van der Waals surface area (Å²) < 4.78 is 0. The van der Waals surface area contributed by atoms with E-state index in [1.165, 1.54) is 76.1 Å². The number of hydrogen-bond donors (Lipinski definition) is 0. The standard InChI is InChI=1S/C47H37N3/c1-3-12-32(13-4-1)33-22-24-36(25-23-33)46-48-45(35-15-5-2-6-16-35)49-47(50-46)40-29-27-37-30-39(28-26-38(37)31-40)42-19-9-10-20-43(42)44-21-11-17-34-14-7-8-18-41(34)44/h2,5-11,14-32H,1,3-4,12-13H2. The maximum atomic E-state index is 5.06. The summed E-state index contributed by atoms with van der Waals surface area (Å²) in [5, 5.41) is 4.84. The molecule has 1 fully saturated rings. The molecule has 0 spiro atoms. The van der Waals surface area contributed by atoms with Crippen LogP contribution in [0.5, 0.6) is 0 Å². The molecule has 7 aromatic carbocycles. The highest BCUT2D eigenvalue weighted by Gasteiger charge is 2.17. The summed E-state index contributed by atoms with van der Waals surface area (Å²) in [5.41, 5.74) is 9.29. The van der Waals surface area contributed by atoms with Crippen LogP contribution in [-0.4, -0.2) is 15.0 Å². The molecule has 50 heavy (non-hydrogen) atoms. The summed E-state index contributed by atoms with van der Waals surface area (Å²) in [6.45, 7) is 0. The Morgan fingerprint density at radius 2 is 0.900 bits per heavy atom. The van der Waals surface area contributed by atoms with Gasteiger partial charge in [-0.05, 0) is 80.3 Å². The fourth-order valence-electron chi connectivity index (χ4n) is 7.67. The van der Waals surface area contributed by atoms with E-state index in [-0.39, 0.29) is 0 Å². The second kappa shape index (κ2) is 13.2. The van der Waals surface area contributed by atoms with Gasteiger partial charge in [0, 0.05) is 16.7 Å². The largest absolute Gasteiger partial charge is 0.208 e. The predicted octanol–water partition coefficient (Wildman–Crippen LogP) is 12.6. The lowest BCUT2D eigenvalue weighted by molar-refractivity contribution is 0.443. The zero-order valence-electron chi connectivity index (χ0n) is 28.0. The molecule has 1 aliphatic rings. The predicted molar refractivity (Wildman–Crippen MR) is 208 cm³/mol. The van der Waals surface area contributed by atoms with Gasteiger partial charge in [0.05, 0.1) is 0 Å². The first-order valence-electron chi connectivity index (χ1n) is 17.8. The van der Waals surface area contributed by atoms with Crippen molar-refractivity contribution in [3.05, 3.63) is 163 Å². The quantitative estimate of drug-likeness (QED) is 0.181. The minimum Gasteiger partial charge on any atom is -0.208 e. The summed E-state index contributed by atoms with van der Waals surface area (Å²) in [5.74, 6) is 2.72. The van der Waals surface area contributed by atoms with Crippen molar-refractivity contribution in [1.82, 2.24) is 15.0 Å². The second-order valence-corrected chi connectivity index (χ2v) is 13.5. The van der Waals surface area contributed by atoms with E-state index in [1.54, 1.807) is 0 Å². The number of benzene rings is 7. The molecule has 3 nitrogen and oxygen atoms in total. The third-order valence-corrected chi connectivity index (χ3v) is 10.3. The van der Waals surface area contributed by atoms with E-state index >= 15 is 0 Å². The molecule has 0 atom stereocenters. The van der Waals surface area contributed by atoms with Crippen molar-refractivity contribution in [2.75, 3.05) is 0 Å². The highest BCUT2D eigenvalue weighted by Crippen LogP contribution is 2.38. The Bertz CT molecular complexity index is 2450. The lowest BCUT2D eigenvalue weighted by atomic mass is 9.84. The van der Waals surface area contributed by atoms with Gasteiger partial charge in [0.15, 0.2) is 17.5 Å². The number of hydrogen-bond acceptors (Lipinski definition) is 3. The smallest absolute Gasteiger partial charge is 0.164 e. The molecule has 0 bridgehead atoms. The molecule has 0 radical (unpaired) electrons. The maximum absolute atomic E-state index is 5.06. The Morgan fingerprint density at radius 1 is 0.360 bits per heavy atom. The summed E-state index contributed by atoms with van der Waals surface area (Å²) >= 11 is 0. The van der Waals surface area contributed by atoms with Crippen molar-refractivity contribution < 1.29 is 0 Å². The monoisotopic (exact) mass is 643 g/mol. The Morgan fingerprint density at radius 3 is 1.66 bits per heavy atom. The van der Waals surface area contributed by atoms with Crippen LogP contribution in [0, 0.1) is 0 Å². The third-order valence-electron chi connectivity index (χ3n) is 10.3. The van der Waals surface area contributed by atoms with Gasteiger partial charge in [0.25, 0.3) is 0 Å². The highest BCUT2D eigenvalue weighted by molar-refractivity contribution is 6.01. The first-order valence-corrected chi connectivity index (χ1v) is 17.8. The molecule has 8 aromatic rings. The lowest BCUT2D eigenvalue weighted by Crippen LogP contribution is -2.04. The van der Waals surface area contributed by atoms with E-state index in [1.807, 2.05) is 18.2 Å². The second-order valence-electron chi connectivity index (χ2n) is 13.5. The number of nitrogens with zero attached hydrogens (tertiary/aromatic N) is 3. The number of aromatic nitrogens is 3. The average molecular weight is 644 g/mol. The minimum absolute atomic E-state index is 0.663. The molecule has 240 valence electrons. The summed E-state index contributed by atoms with van der Waals surface area (Å²) in [7, 11) is 0. The van der Waals surface area contributed by atoms with Crippen molar-refractivity contribution in [3.63, 3.8) is 0 Å². The summed E-state index contributed by atoms with van der Waals surface area (Å²) in [6.07, 6.45) is 6.59. The van der Waals surface area contributed by atoms with Crippen molar-refractivity contribution in [3.8, 4) is 56.4 Å². The fraction of sp³-hybridized carbons (Fsp3) is 0.128. The fourth-order valence-corrected chi connectivity index (χ4v) is 7.67. The van der Waals surface area contributed by atoms with Crippen LogP contribution in [0.25, 0.3) is 78.0 Å². The van der Waals surface area contributed by atoms with Crippen LogP contribution in [0.1, 0.15) is 43.6 Å². The Hall–Kier alpha value is -5.93. The molecule has 0 amide bonds. The number of fused-ring (bicyclic) bond motifs is 2. The van der Waals surface area contributed by atoms with Gasteiger partial charge in [0.2, 0.25) is 0 Å². The molecular formula is C47H37N3. The maximum Gasteiger partial charge on any atom is 0.164 e. The van der Waals surface area contributed by atoms with Crippen LogP contribution in [0.2, 0.25) is 0 Å². The summed E-state index contributed by atoms with van der Waals surface area (Å²) in [6, 6.07) is 56.3. The molecule has 1 aliphatic carbocycles. The normalized spacial score (nSPS) is 13.5. The molecule has 0 saturated heterocycles. The van der Waals surface area contributed by atoms with E-state index < -0.39 is 0 Å². The first kappa shape index (κ1) is 30.2. The van der Waals surface area contributed by atoms with Gasteiger partial charge in [-0.1, -0.05) is 165 Å². The molecule has 3 heteroatoms. The zero-order valence-corrected chi connectivity index (χ0v) is 28.0. The highest BCUT2D eigenvalue weighted by atomic mass is 15.0. The molecule has 0 unspecified atom stereocenters. The van der Waals surface area contributed by atoms with E-state index in [4.69, 9.17) is 15.0 Å².